The first kappa shape index (κ1) is 11.4. The fourth-order valence-corrected chi connectivity index (χ4v) is 2.60. The summed E-state index contributed by atoms with van der Waals surface area (Å²) >= 11 is 1.49. The highest BCUT2D eigenvalue weighted by Gasteiger charge is 2.12. The highest BCUT2D eigenvalue weighted by molar-refractivity contribution is 7.13. The minimum absolute atomic E-state index is 0.0331. The molecule has 0 aliphatic rings. The Labute approximate surface area is 98.7 Å². The molecule has 4 heteroatoms. The number of hydrogen-bond acceptors (Lipinski definition) is 3. The average Bonchev–Trinajstić information content (AvgIpc) is 2.56. The van der Waals surface area contributed by atoms with Crippen LogP contribution in [0.3, 0.4) is 0 Å². The van der Waals surface area contributed by atoms with Gasteiger partial charge in [-0.25, -0.2) is 0 Å². The summed E-state index contributed by atoms with van der Waals surface area (Å²) in [5.74, 6) is 0.386. The van der Waals surface area contributed by atoms with E-state index in [0.29, 0.717) is 12.5 Å². The predicted molar refractivity (Wildman–Crippen MR) is 68.9 cm³/mol. The zero-order valence-corrected chi connectivity index (χ0v) is 10.3. The van der Waals surface area contributed by atoms with Crippen molar-refractivity contribution in [3.8, 4) is 0 Å². The molecule has 1 heterocycles. The molecular formula is C12H16N2OS. The standard InChI is InChI=1S/C12H16N2OS/c1-8(2)10(13)7-14-12(15)9-5-3-4-6-11(9)16-14/h3-6,8,10H,7,13H2,1-2H3. The number of nitrogens with zero attached hydrogens (tertiary/aromatic N) is 1. The highest BCUT2D eigenvalue weighted by Crippen LogP contribution is 2.16. The fraction of sp³-hybridized carbons (Fsp3) is 0.417. The third-order valence-corrected chi connectivity index (χ3v) is 3.87. The van der Waals surface area contributed by atoms with Crippen LogP contribution in [0.4, 0.5) is 0 Å². The molecule has 0 aliphatic heterocycles. The number of fused-ring (bicyclic) bond motifs is 1. The summed E-state index contributed by atoms with van der Waals surface area (Å²) < 4.78 is 2.79. The normalized spacial score (nSPS) is 13.5. The zero-order valence-electron chi connectivity index (χ0n) is 9.51. The van der Waals surface area contributed by atoms with Gasteiger partial charge in [0.15, 0.2) is 0 Å². The van der Waals surface area contributed by atoms with Gasteiger partial charge in [0, 0.05) is 6.04 Å². The van der Waals surface area contributed by atoms with E-state index in [0.717, 1.165) is 10.1 Å². The van der Waals surface area contributed by atoms with Gasteiger partial charge in [0.1, 0.15) is 0 Å². The first-order valence-corrected chi connectivity index (χ1v) is 6.21. The van der Waals surface area contributed by atoms with E-state index in [1.165, 1.54) is 11.5 Å². The maximum atomic E-state index is 12.0. The Hall–Kier alpha value is -1.13. The van der Waals surface area contributed by atoms with Crippen LogP contribution in [0.5, 0.6) is 0 Å². The molecule has 0 amide bonds. The van der Waals surface area contributed by atoms with E-state index in [-0.39, 0.29) is 11.6 Å². The molecule has 1 atom stereocenters. The van der Waals surface area contributed by atoms with Crippen molar-refractivity contribution in [2.45, 2.75) is 26.4 Å². The third kappa shape index (κ3) is 2.03. The van der Waals surface area contributed by atoms with Crippen LogP contribution in [0.1, 0.15) is 13.8 Å². The largest absolute Gasteiger partial charge is 0.326 e. The quantitative estimate of drug-likeness (QED) is 0.886. The van der Waals surface area contributed by atoms with E-state index in [2.05, 4.69) is 13.8 Å². The lowest BCUT2D eigenvalue weighted by Gasteiger charge is -2.14. The summed E-state index contributed by atoms with van der Waals surface area (Å²) in [4.78, 5) is 12.0. The predicted octanol–water partition coefficient (Wildman–Crippen LogP) is 2.05. The Morgan fingerprint density at radius 3 is 2.69 bits per heavy atom. The van der Waals surface area contributed by atoms with Crippen molar-refractivity contribution in [2.24, 2.45) is 11.7 Å². The van der Waals surface area contributed by atoms with Crippen molar-refractivity contribution in [3.63, 3.8) is 0 Å². The van der Waals surface area contributed by atoms with E-state index >= 15 is 0 Å². The van der Waals surface area contributed by atoms with Crippen molar-refractivity contribution < 1.29 is 0 Å². The van der Waals surface area contributed by atoms with E-state index < -0.39 is 0 Å². The Morgan fingerprint density at radius 1 is 1.38 bits per heavy atom. The van der Waals surface area contributed by atoms with Crippen LogP contribution >= 0.6 is 11.5 Å². The topological polar surface area (TPSA) is 48.0 Å². The lowest BCUT2D eigenvalue weighted by molar-refractivity contribution is 0.443. The van der Waals surface area contributed by atoms with Crippen LogP contribution in [-0.4, -0.2) is 10.00 Å². The number of aromatic nitrogens is 1. The third-order valence-electron chi connectivity index (χ3n) is 2.79. The summed E-state index contributed by atoms with van der Waals surface area (Å²) in [6.45, 7) is 4.75. The summed E-state index contributed by atoms with van der Waals surface area (Å²) in [5, 5.41) is 0.795. The molecule has 2 N–H and O–H groups in total. The Bertz CT molecular complexity index is 541. The Balaban J connectivity index is 2.39. The van der Waals surface area contributed by atoms with Crippen LogP contribution in [0, 0.1) is 5.92 Å². The molecule has 0 aliphatic carbocycles. The second kappa shape index (κ2) is 4.39. The number of nitrogens with two attached hydrogens (primary N) is 1. The molecule has 0 fully saturated rings. The van der Waals surface area contributed by atoms with Gasteiger partial charge >= 0.3 is 0 Å². The summed E-state index contributed by atoms with van der Waals surface area (Å²) in [6.07, 6.45) is 0. The fourth-order valence-electron chi connectivity index (χ4n) is 1.54. The monoisotopic (exact) mass is 236 g/mol. The average molecular weight is 236 g/mol. The van der Waals surface area contributed by atoms with Gasteiger partial charge in [0.25, 0.3) is 5.56 Å². The molecule has 0 spiro atoms. The van der Waals surface area contributed by atoms with Crippen molar-refractivity contribution >= 4 is 21.6 Å². The SMILES string of the molecule is CC(C)C(N)Cn1sc2ccccc2c1=O. The van der Waals surface area contributed by atoms with Gasteiger partial charge in [-0.05, 0) is 18.1 Å². The first-order chi connectivity index (χ1) is 7.59. The lowest BCUT2D eigenvalue weighted by atomic mass is 10.1. The summed E-state index contributed by atoms with van der Waals surface area (Å²) in [7, 11) is 0. The molecule has 2 aromatic rings. The van der Waals surface area contributed by atoms with Crippen LogP contribution in [0.15, 0.2) is 29.1 Å². The highest BCUT2D eigenvalue weighted by atomic mass is 32.1. The van der Waals surface area contributed by atoms with Crippen molar-refractivity contribution in [3.05, 3.63) is 34.6 Å². The minimum Gasteiger partial charge on any atom is -0.326 e. The molecule has 1 aromatic carbocycles. The van der Waals surface area contributed by atoms with Crippen LogP contribution < -0.4 is 11.3 Å². The van der Waals surface area contributed by atoms with E-state index in [1.54, 1.807) is 3.96 Å². The van der Waals surface area contributed by atoms with E-state index in [4.69, 9.17) is 5.73 Å². The van der Waals surface area contributed by atoms with Gasteiger partial charge < -0.3 is 5.73 Å². The number of hydrogen-bond donors (Lipinski definition) is 1. The van der Waals surface area contributed by atoms with Gasteiger partial charge in [-0.15, -0.1) is 0 Å². The van der Waals surface area contributed by atoms with Crippen molar-refractivity contribution in [2.75, 3.05) is 0 Å². The van der Waals surface area contributed by atoms with Crippen LogP contribution in [0.2, 0.25) is 0 Å². The molecule has 0 saturated carbocycles. The van der Waals surface area contributed by atoms with E-state index in [9.17, 15) is 4.79 Å². The lowest BCUT2D eigenvalue weighted by Crippen LogP contribution is -2.33. The Kier molecular flexibility index (Phi) is 3.12. The van der Waals surface area contributed by atoms with Crippen LogP contribution in [-0.2, 0) is 6.54 Å². The van der Waals surface area contributed by atoms with Crippen molar-refractivity contribution in [1.29, 1.82) is 0 Å². The molecule has 1 unspecified atom stereocenters. The molecule has 1 aromatic heterocycles. The maximum absolute atomic E-state index is 12.0. The number of benzene rings is 1. The molecular weight excluding hydrogens is 220 g/mol. The van der Waals surface area contributed by atoms with Gasteiger partial charge in [-0.2, -0.15) is 0 Å². The molecule has 2 rings (SSSR count). The molecule has 16 heavy (non-hydrogen) atoms. The maximum Gasteiger partial charge on any atom is 0.268 e. The molecule has 0 bridgehead atoms. The second-order valence-electron chi connectivity index (χ2n) is 4.36. The summed E-state index contributed by atoms with van der Waals surface area (Å²) in [6, 6.07) is 7.71. The van der Waals surface area contributed by atoms with Gasteiger partial charge in [0.2, 0.25) is 0 Å². The van der Waals surface area contributed by atoms with Crippen LogP contribution in [0.25, 0.3) is 10.1 Å². The molecule has 0 radical (unpaired) electrons. The molecule has 3 nitrogen and oxygen atoms in total. The number of rotatable bonds is 3. The second-order valence-corrected chi connectivity index (χ2v) is 5.42. The van der Waals surface area contributed by atoms with Gasteiger partial charge in [-0.3, -0.25) is 8.75 Å². The Morgan fingerprint density at radius 2 is 2.06 bits per heavy atom. The first-order valence-electron chi connectivity index (χ1n) is 5.44. The molecule has 86 valence electrons. The van der Waals surface area contributed by atoms with Gasteiger partial charge in [-0.1, -0.05) is 37.5 Å². The smallest absolute Gasteiger partial charge is 0.268 e. The molecule has 0 saturated heterocycles. The van der Waals surface area contributed by atoms with Gasteiger partial charge in [0.05, 0.1) is 16.6 Å². The summed E-state index contributed by atoms with van der Waals surface area (Å²) in [5.41, 5.74) is 6.07. The zero-order chi connectivity index (χ0) is 11.7. The van der Waals surface area contributed by atoms with Crippen molar-refractivity contribution in [1.82, 2.24) is 3.96 Å². The minimum atomic E-state index is 0.0331. The van der Waals surface area contributed by atoms with E-state index in [1.807, 2.05) is 24.3 Å².